The number of nitrogens with zero attached hydrogens (tertiary/aromatic N) is 2. The van der Waals surface area contributed by atoms with Crippen LogP contribution in [0.1, 0.15) is 18.9 Å². The SMILES string of the molecule is CCN=c1cc2oc3cc(NCCC(=O)OC)c4ccccc4c3nc-2cc1C. The van der Waals surface area contributed by atoms with E-state index in [2.05, 4.69) is 10.3 Å². The highest BCUT2D eigenvalue weighted by molar-refractivity contribution is 6.10. The molecule has 2 aromatic rings. The van der Waals surface area contributed by atoms with Crippen molar-refractivity contribution >= 4 is 33.5 Å². The summed E-state index contributed by atoms with van der Waals surface area (Å²) in [5, 5.41) is 6.27. The molecule has 29 heavy (non-hydrogen) atoms. The third kappa shape index (κ3) is 3.66. The molecular weight excluding hydrogens is 366 g/mol. The standard InChI is InChI=1S/C23H23N3O3/c1-4-24-17-12-20-19(11-14(17)2)26-23-16-8-6-5-7-15(16)18(13-21(23)29-20)25-10-9-22(27)28-3/h5-8,11-13,25H,4,9-10H2,1-3H3. The topological polar surface area (TPSA) is 76.7 Å². The summed E-state index contributed by atoms with van der Waals surface area (Å²) >= 11 is 0. The van der Waals surface area contributed by atoms with E-state index < -0.39 is 0 Å². The largest absolute Gasteiger partial charge is 0.469 e. The summed E-state index contributed by atoms with van der Waals surface area (Å²) in [6.07, 6.45) is 0.289. The van der Waals surface area contributed by atoms with Gasteiger partial charge in [0, 0.05) is 41.7 Å². The minimum absolute atomic E-state index is 0.248. The fourth-order valence-corrected chi connectivity index (χ4v) is 3.49. The molecule has 1 aliphatic heterocycles. The Bertz CT molecular complexity index is 1240. The van der Waals surface area contributed by atoms with E-state index in [9.17, 15) is 4.79 Å². The Hall–Kier alpha value is -3.41. The highest BCUT2D eigenvalue weighted by Crippen LogP contribution is 2.34. The summed E-state index contributed by atoms with van der Waals surface area (Å²) in [5.74, 6) is 0.452. The lowest BCUT2D eigenvalue weighted by Gasteiger charge is -2.14. The molecule has 6 nitrogen and oxygen atoms in total. The van der Waals surface area contributed by atoms with E-state index in [1.807, 2.05) is 56.3 Å². The lowest BCUT2D eigenvalue weighted by atomic mass is 10.1. The monoisotopic (exact) mass is 389 g/mol. The summed E-state index contributed by atoms with van der Waals surface area (Å²) in [7, 11) is 1.39. The van der Waals surface area contributed by atoms with Gasteiger partial charge >= 0.3 is 5.97 Å². The van der Waals surface area contributed by atoms with E-state index in [4.69, 9.17) is 14.1 Å². The Balaban J connectivity index is 1.89. The molecule has 0 aromatic heterocycles. The van der Waals surface area contributed by atoms with E-state index in [1.54, 1.807) is 0 Å². The summed E-state index contributed by atoms with van der Waals surface area (Å²) < 4.78 is 10.9. The van der Waals surface area contributed by atoms with Gasteiger partial charge in [-0.05, 0) is 25.5 Å². The molecule has 0 radical (unpaired) electrons. The van der Waals surface area contributed by atoms with Gasteiger partial charge in [-0.2, -0.15) is 0 Å². The van der Waals surface area contributed by atoms with Crippen LogP contribution in [0, 0.1) is 6.92 Å². The molecule has 0 fully saturated rings. The molecular formula is C23H23N3O3. The van der Waals surface area contributed by atoms with Crippen molar-refractivity contribution in [1.82, 2.24) is 4.98 Å². The van der Waals surface area contributed by atoms with Crippen molar-refractivity contribution in [3.8, 4) is 11.5 Å². The zero-order valence-corrected chi connectivity index (χ0v) is 16.8. The van der Waals surface area contributed by atoms with Crippen LogP contribution in [-0.2, 0) is 9.53 Å². The summed E-state index contributed by atoms with van der Waals surface area (Å²) in [6, 6.07) is 13.9. The summed E-state index contributed by atoms with van der Waals surface area (Å²) in [6.45, 7) is 5.23. The van der Waals surface area contributed by atoms with Crippen molar-refractivity contribution in [3.63, 3.8) is 0 Å². The fraction of sp³-hybridized carbons (Fsp3) is 0.261. The first-order chi connectivity index (χ1) is 14.1. The van der Waals surface area contributed by atoms with E-state index >= 15 is 0 Å². The number of anilines is 1. The maximum absolute atomic E-state index is 11.4. The maximum Gasteiger partial charge on any atom is 0.307 e. The van der Waals surface area contributed by atoms with Gasteiger partial charge in [-0.25, -0.2) is 4.98 Å². The van der Waals surface area contributed by atoms with Gasteiger partial charge in [0.25, 0.3) is 0 Å². The molecule has 0 saturated carbocycles. The number of hydrogen-bond donors (Lipinski definition) is 1. The van der Waals surface area contributed by atoms with Crippen molar-refractivity contribution in [2.75, 3.05) is 25.5 Å². The molecule has 0 atom stereocenters. The second-order valence-corrected chi connectivity index (χ2v) is 6.86. The first-order valence-electron chi connectivity index (χ1n) is 9.69. The van der Waals surface area contributed by atoms with Gasteiger partial charge in [0.15, 0.2) is 11.3 Å². The number of aromatic nitrogens is 1. The van der Waals surface area contributed by atoms with Crippen molar-refractivity contribution in [2.45, 2.75) is 20.3 Å². The van der Waals surface area contributed by atoms with Crippen LogP contribution in [0.2, 0.25) is 0 Å². The summed E-state index contributed by atoms with van der Waals surface area (Å²) in [4.78, 5) is 20.9. The fourth-order valence-electron chi connectivity index (χ4n) is 3.49. The second kappa shape index (κ2) is 7.91. The van der Waals surface area contributed by atoms with Crippen LogP contribution in [0.4, 0.5) is 5.69 Å². The average molecular weight is 389 g/mol. The van der Waals surface area contributed by atoms with Crippen LogP contribution in [0.3, 0.4) is 0 Å². The third-order valence-electron chi connectivity index (χ3n) is 4.91. The first kappa shape index (κ1) is 18.9. The number of fused-ring (bicyclic) bond motifs is 4. The zero-order chi connectivity index (χ0) is 20.4. The minimum atomic E-state index is -0.248. The quantitative estimate of drug-likeness (QED) is 0.313. The van der Waals surface area contributed by atoms with Crippen LogP contribution in [0.5, 0.6) is 0 Å². The number of nitrogens with one attached hydrogen (secondary N) is 1. The van der Waals surface area contributed by atoms with E-state index in [1.165, 1.54) is 7.11 Å². The molecule has 1 N–H and O–H groups in total. The van der Waals surface area contributed by atoms with Gasteiger partial charge in [-0.3, -0.25) is 9.79 Å². The van der Waals surface area contributed by atoms with Crippen LogP contribution in [0.15, 0.2) is 51.9 Å². The van der Waals surface area contributed by atoms with E-state index in [-0.39, 0.29) is 12.4 Å². The Morgan fingerprint density at radius 1 is 1.21 bits per heavy atom. The average Bonchev–Trinajstić information content (AvgIpc) is 2.73. The van der Waals surface area contributed by atoms with Gasteiger partial charge in [-0.15, -0.1) is 0 Å². The molecule has 6 heteroatoms. The highest BCUT2D eigenvalue weighted by atomic mass is 16.5. The molecule has 0 amide bonds. The zero-order valence-electron chi connectivity index (χ0n) is 16.8. The van der Waals surface area contributed by atoms with E-state index in [0.29, 0.717) is 24.4 Å². The Morgan fingerprint density at radius 2 is 2.00 bits per heavy atom. The van der Waals surface area contributed by atoms with Crippen molar-refractivity contribution < 1.29 is 13.9 Å². The number of methoxy groups -OCH3 is 1. The molecule has 0 saturated heterocycles. The second-order valence-electron chi connectivity index (χ2n) is 6.86. The third-order valence-corrected chi connectivity index (χ3v) is 4.91. The van der Waals surface area contributed by atoms with Crippen molar-refractivity contribution in [3.05, 3.63) is 53.4 Å². The van der Waals surface area contributed by atoms with Gasteiger partial charge in [0.2, 0.25) is 0 Å². The number of aryl methyl sites for hydroxylation is 1. The molecule has 2 aliphatic rings. The van der Waals surface area contributed by atoms with Crippen molar-refractivity contribution in [2.24, 2.45) is 4.99 Å². The van der Waals surface area contributed by atoms with Gasteiger partial charge in [-0.1, -0.05) is 24.3 Å². The normalized spacial score (nSPS) is 12.0. The molecule has 4 rings (SSSR count). The number of ether oxygens (including phenoxy) is 1. The lowest BCUT2D eigenvalue weighted by molar-refractivity contribution is -0.140. The van der Waals surface area contributed by atoms with E-state index in [0.717, 1.165) is 38.6 Å². The Morgan fingerprint density at radius 3 is 2.76 bits per heavy atom. The molecule has 1 heterocycles. The predicted octanol–water partition coefficient (Wildman–Crippen LogP) is 4.29. The van der Waals surface area contributed by atoms with Gasteiger partial charge in [0.1, 0.15) is 11.2 Å². The Labute approximate surface area is 168 Å². The van der Waals surface area contributed by atoms with Crippen LogP contribution in [0.25, 0.3) is 33.3 Å². The van der Waals surface area contributed by atoms with Crippen LogP contribution < -0.4 is 10.7 Å². The number of rotatable bonds is 5. The van der Waals surface area contributed by atoms with Crippen LogP contribution in [-0.4, -0.2) is 31.2 Å². The number of hydrogen-bond acceptors (Lipinski definition) is 6. The Kier molecular flexibility index (Phi) is 5.16. The van der Waals surface area contributed by atoms with Gasteiger partial charge in [0.05, 0.1) is 18.9 Å². The molecule has 0 spiro atoms. The predicted molar refractivity (Wildman–Crippen MR) is 114 cm³/mol. The smallest absolute Gasteiger partial charge is 0.307 e. The lowest BCUT2D eigenvalue weighted by Crippen LogP contribution is -2.10. The molecule has 148 valence electrons. The molecule has 0 bridgehead atoms. The number of carbonyl (C=O) groups excluding carboxylic acids is 1. The minimum Gasteiger partial charge on any atom is -0.469 e. The maximum atomic E-state index is 11.4. The highest BCUT2D eigenvalue weighted by Gasteiger charge is 2.15. The van der Waals surface area contributed by atoms with Crippen LogP contribution >= 0.6 is 0 Å². The number of benzene rings is 3. The number of esters is 1. The molecule has 1 aliphatic carbocycles. The number of carbonyl (C=O) groups is 1. The molecule has 0 unspecified atom stereocenters. The van der Waals surface area contributed by atoms with Gasteiger partial charge < -0.3 is 14.5 Å². The molecule has 2 aromatic carbocycles. The van der Waals surface area contributed by atoms with Crippen molar-refractivity contribution in [1.29, 1.82) is 0 Å². The first-order valence-corrected chi connectivity index (χ1v) is 9.69. The summed E-state index contributed by atoms with van der Waals surface area (Å²) in [5.41, 5.74) is 4.27.